The maximum atomic E-state index is 6.07. The molecule has 100 valence electrons. The molecule has 5 nitrogen and oxygen atoms in total. The van der Waals surface area contributed by atoms with Gasteiger partial charge in [-0.05, 0) is 19.1 Å². The van der Waals surface area contributed by atoms with Crippen molar-refractivity contribution in [1.29, 1.82) is 0 Å². The second kappa shape index (κ2) is 3.95. The average Bonchev–Trinajstić information content (AvgIpc) is 2.93. The summed E-state index contributed by atoms with van der Waals surface area (Å²) in [5, 5.41) is 4.22. The van der Waals surface area contributed by atoms with Crippen LogP contribution in [0.1, 0.15) is 18.9 Å². The number of ether oxygens (including phenoxy) is 3. The fourth-order valence-corrected chi connectivity index (χ4v) is 2.99. The van der Waals surface area contributed by atoms with Gasteiger partial charge in [0.15, 0.2) is 18.0 Å². The van der Waals surface area contributed by atoms with E-state index >= 15 is 0 Å². The molecule has 3 aliphatic rings. The Hall–Kier alpha value is -1.59. The maximum absolute atomic E-state index is 6.07. The zero-order valence-electron chi connectivity index (χ0n) is 10.7. The topological polar surface area (TPSA) is 49.3 Å². The van der Waals surface area contributed by atoms with Gasteiger partial charge in [-0.15, -0.1) is 0 Å². The standard InChI is InChI=1S/C14H15NO4/c1-2-16-12-7-11-14(18-12)8-17-10-6-4-3-5-9(10)13(14)15-19-11/h3-6,11-12H,2,7-8H2,1H3/t11-,12+,14+/m1/s1. The van der Waals surface area contributed by atoms with E-state index in [1.54, 1.807) is 0 Å². The van der Waals surface area contributed by atoms with Crippen molar-refractivity contribution < 1.29 is 19.0 Å². The lowest BCUT2D eigenvalue weighted by Gasteiger charge is -2.32. The Morgan fingerprint density at radius 1 is 1.42 bits per heavy atom. The Morgan fingerprint density at radius 3 is 3.21 bits per heavy atom. The van der Waals surface area contributed by atoms with E-state index in [9.17, 15) is 0 Å². The average molecular weight is 261 g/mol. The second-order valence-electron chi connectivity index (χ2n) is 4.95. The minimum absolute atomic E-state index is 0.118. The van der Waals surface area contributed by atoms with Crippen LogP contribution in [0.15, 0.2) is 29.4 Å². The molecule has 4 rings (SSSR count). The number of para-hydroxylation sites is 1. The fraction of sp³-hybridized carbons (Fsp3) is 0.500. The molecule has 0 bridgehead atoms. The van der Waals surface area contributed by atoms with E-state index in [1.807, 2.05) is 31.2 Å². The highest BCUT2D eigenvalue weighted by Gasteiger charge is 2.61. The fourth-order valence-electron chi connectivity index (χ4n) is 2.99. The maximum Gasteiger partial charge on any atom is 0.190 e. The van der Waals surface area contributed by atoms with Crippen molar-refractivity contribution in [2.45, 2.75) is 31.3 Å². The summed E-state index contributed by atoms with van der Waals surface area (Å²) in [7, 11) is 0. The van der Waals surface area contributed by atoms with E-state index in [1.165, 1.54) is 0 Å². The number of rotatable bonds is 2. The van der Waals surface area contributed by atoms with Gasteiger partial charge in [0, 0.05) is 18.6 Å². The largest absolute Gasteiger partial charge is 0.489 e. The first-order valence-corrected chi connectivity index (χ1v) is 6.59. The third-order valence-corrected chi connectivity index (χ3v) is 3.88. The Bertz CT molecular complexity index is 544. The molecule has 1 spiro atoms. The molecule has 0 amide bonds. The van der Waals surface area contributed by atoms with Crippen LogP contribution in [0.3, 0.4) is 0 Å². The molecule has 0 radical (unpaired) electrons. The van der Waals surface area contributed by atoms with Gasteiger partial charge < -0.3 is 19.0 Å². The summed E-state index contributed by atoms with van der Waals surface area (Å²) in [6, 6.07) is 7.83. The quantitative estimate of drug-likeness (QED) is 0.813. The molecule has 3 heterocycles. The van der Waals surface area contributed by atoms with Crippen molar-refractivity contribution in [2.24, 2.45) is 5.16 Å². The van der Waals surface area contributed by atoms with E-state index in [0.717, 1.165) is 17.0 Å². The predicted octanol–water partition coefficient (Wildman–Crippen LogP) is 1.70. The van der Waals surface area contributed by atoms with Crippen LogP contribution >= 0.6 is 0 Å². The first-order chi connectivity index (χ1) is 9.33. The number of benzene rings is 1. The van der Waals surface area contributed by atoms with Gasteiger partial charge >= 0.3 is 0 Å². The van der Waals surface area contributed by atoms with Gasteiger partial charge in [-0.2, -0.15) is 0 Å². The molecule has 0 aromatic heterocycles. The molecule has 1 aromatic rings. The molecule has 0 unspecified atom stereocenters. The summed E-state index contributed by atoms with van der Waals surface area (Å²) >= 11 is 0. The Morgan fingerprint density at radius 2 is 2.32 bits per heavy atom. The van der Waals surface area contributed by atoms with E-state index < -0.39 is 5.60 Å². The zero-order chi connectivity index (χ0) is 12.9. The summed E-state index contributed by atoms with van der Waals surface area (Å²) in [5.41, 5.74) is 1.18. The van der Waals surface area contributed by atoms with Gasteiger partial charge in [-0.25, -0.2) is 0 Å². The van der Waals surface area contributed by atoms with Crippen molar-refractivity contribution in [2.75, 3.05) is 13.2 Å². The van der Waals surface area contributed by atoms with E-state index in [2.05, 4.69) is 5.16 Å². The van der Waals surface area contributed by atoms with E-state index in [-0.39, 0.29) is 12.4 Å². The number of fused-ring (bicyclic) bond motifs is 2. The number of hydrogen-bond acceptors (Lipinski definition) is 5. The van der Waals surface area contributed by atoms with Crippen molar-refractivity contribution in [3.8, 4) is 5.75 Å². The van der Waals surface area contributed by atoms with Crippen LogP contribution in [-0.2, 0) is 14.3 Å². The van der Waals surface area contributed by atoms with Gasteiger partial charge in [0.2, 0.25) is 0 Å². The van der Waals surface area contributed by atoms with Gasteiger partial charge in [0.25, 0.3) is 0 Å². The van der Waals surface area contributed by atoms with Gasteiger partial charge in [0.05, 0.1) is 0 Å². The summed E-state index contributed by atoms with van der Waals surface area (Å²) in [4.78, 5) is 5.55. The first-order valence-electron chi connectivity index (χ1n) is 6.59. The Kier molecular flexibility index (Phi) is 2.34. The minimum Gasteiger partial charge on any atom is -0.489 e. The predicted molar refractivity (Wildman–Crippen MR) is 67.2 cm³/mol. The highest BCUT2D eigenvalue weighted by Crippen LogP contribution is 2.45. The molecule has 3 atom stereocenters. The first kappa shape index (κ1) is 11.3. The molecule has 5 heteroatoms. The lowest BCUT2D eigenvalue weighted by Crippen LogP contribution is -2.52. The molecule has 0 aliphatic carbocycles. The summed E-state index contributed by atoms with van der Waals surface area (Å²) in [5.74, 6) is 0.833. The molecular formula is C14H15NO4. The number of hydrogen-bond donors (Lipinski definition) is 0. The van der Waals surface area contributed by atoms with Crippen LogP contribution in [0.2, 0.25) is 0 Å². The molecule has 3 aliphatic heterocycles. The molecule has 0 N–H and O–H groups in total. The second-order valence-corrected chi connectivity index (χ2v) is 4.95. The van der Waals surface area contributed by atoms with E-state index in [0.29, 0.717) is 19.6 Å². The van der Waals surface area contributed by atoms with Crippen molar-refractivity contribution in [1.82, 2.24) is 0 Å². The minimum atomic E-state index is -0.603. The van der Waals surface area contributed by atoms with Crippen LogP contribution < -0.4 is 4.74 Å². The van der Waals surface area contributed by atoms with Gasteiger partial charge in [-0.1, -0.05) is 17.3 Å². The Balaban J connectivity index is 1.73. The Labute approximate surface area is 111 Å². The molecular weight excluding hydrogens is 246 g/mol. The monoisotopic (exact) mass is 261 g/mol. The van der Waals surface area contributed by atoms with Crippen LogP contribution in [0.4, 0.5) is 0 Å². The number of nitrogens with zero attached hydrogens (tertiary/aromatic N) is 1. The highest BCUT2D eigenvalue weighted by atomic mass is 16.7. The lowest BCUT2D eigenvalue weighted by molar-refractivity contribution is -0.157. The van der Waals surface area contributed by atoms with Gasteiger partial charge in [-0.3, -0.25) is 0 Å². The van der Waals surface area contributed by atoms with Crippen molar-refractivity contribution in [3.05, 3.63) is 29.8 Å². The third kappa shape index (κ3) is 1.45. The SMILES string of the molecule is CCO[C@@H]1C[C@H]2ON=C3c4ccccc4OC[C@@]32O1. The molecule has 19 heavy (non-hydrogen) atoms. The van der Waals surface area contributed by atoms with Crippen molar-refractivity contribution >= 4 is 5.71 Å². The molecule has 1 fully saturated rings. The van der Waals surface area contributed by atoms with E-state index in [4.69, 9.17) is 19.0 Å². The molecule has 0 saturated carbocycles. The smallest absolute Gasteiger partial charge is 0.190 e. The van der Waals surface area contributed by atoms with Crippen LogP contribution in [0.5, 0.6) is 5.75 Å². The molecule has 1 saturated heterocycles. The van der Waals surface area contributed by atoms with Crippen LogP contribution in [0, 0.1) is 0 Å². The highest BCUT2D eigenvalue weighted by molar-refractivity contribution is 6.10. The molecule has 1 aromatic carbocycles. The van der Waals surface area contributed by atoms with Crippen LogP contribution in [-0.4, -0.2) is 36.9 Å². The summed E-state index contributed by atoms with van der Waals surface area (Å²) in [6.45, 7) is 3.01. The van der Waals surface area contributed by atoms with Crippen LogP contribution in [0.25, 0.3) is 0 Å². The summed E-state index contributed by atoms with van der Waals surface area (Å²) in [6.07, 6.45) is 0.327. The summed E-state index contributed by atoms with van der Waals surface area (Å²) < 4.78 is 17.5. The van der Waals surface area contributed by atoms with Gasteiger partial charge in [0.1, 0.15) is 18.1 Å². The lowest BCUT2D eigenvalue weighted by atomic mass is 9.86. The number of oxime groups is 1. The third-order valence-electron chi connectivity index (χ3n) is 3.88. The zero-order valence-corrected chi connectivity index (χ0v) is 10.7. The van der Waals surface area contributed by atoms with Crippen molar-refractivity contribution in [3.63, 3.8) is 0 Å². The normalized spacial score (nSPS) is 34.7.